The van der Waals surface area contributed by atoms with Crippen molar-refractivity contribution in [3.63, 3.8) is 0 Å². The molecule has 0 heterocycles. The number of hydrogen-bond donors (Lipinski definition) is 1. The van der Waals surface area contributed by atoms with E-state index in [2.05, 4.69) is 29.4 Å². The van der Waals surface area contributed by atoms with Gasteiger partial charge < -0.3 is 5.21 Å². The summed E-state index contributed by atoms with van der Waals surface area (Å²) in [7, 11) is 0. The molecule has 4 heteroatoms. The Labute approximate surface area is 154 Å². The number of oxime groups is 1. The standard InChI is InChI=1S/C21H14ClNOS/c22-14-9-11-15(12-10-14)25-21-18-7-3-1-5-16(18)20(13-23-24)17-6-2-4-8-19(17)21/h1-13,24H/b23-13+. The lowest BCUT2D eigenvalue weighted by molar-refractivity contribution is 0.322. The van der Waals surface area contributed by atoms with Crippen molar-refractivity contribution in [1.29, 1.82) is 0 Å². The first kappa shape index (κ1) is 16.0. The summed E-state index contributed by atoms with van der Waals surface area (Å²) in [4.78, 5) is 2.31. The Morgan fingerprint density at radius 2 is 1.28 bits per heavy atom. The monoisotopic (exact) mass is 363 g/mol. The smallest absolute Gasteiger partial charge is 0.0746 e. The minimum Gasteiger partial charge on any atom is -0.411 e. The van der Waals surface area contributed by atoms with E-state index in [1.165, 1.54) is 11.1 Å². The summed E-state index contributed by atoms with van der Waals surface area (Å²) >= 11 is 7.73. The molecule has 0 aliphatic heterocycles. The second-order valence-electron chi connectivity index (χ2n) is 5.63. The lowest BCUT2D eigenvalue weighted by Crippen LogP contribution is -1.91. The molecule has 25 heavy (non-hydrogen) atoms. The van der Waals surface area contributed by atoms with Crippen molar-refractivity contribution in [2.24, 2.45) is 5.16 Å². The van der Waals surface area contributed by atoms with E-state index in [0.29, 0.717) is 0 Å². The van der Waals surface area contributed by atoms with E-state index in [9.17, 15) is 0 Å². The molecule has 0 aliphatic carbocycles. The van der Waals surface area contributed by atoms with Gasteiger partial charge in [0, 0.05) is 20.4 Å². The zero-order chi connectivity index (χ0) is 17.2. The van der Waals surface area contributed by atoms with Crippen LogP contribution in [0.15, 0.2) is 87.7 Å². The Morgan fingerprint density at radius 3 is 1.80 bits per heavy atom. The van der Waals surface area contributed by atoms with Gasteiger partial charge in [0.1, 0.15) is 0 Å². The van der Waals surface area contributed by atoms with Crippen LogP contribution >= 0.6 is 23.4 Å². The predicted octanol–water partition coefficient (Wildman–Crippen LogP) is 6.61. The largest absolute Gasteiger partial charge is 0.411 e. The molecule has 4 aromatic carbocycles. The minimum atomic E-state index is 0.730. The number of nitrogens with zero attached hydrogens (tertiary/aromatic N) is 1. The zero-order valence-electron chi connectivity index (χ0n) is 13.2. The van der Waals surface area contributed by atoms with Crippen molar-refractivity contribution < 1.29 is 5.21 Å². The molecule has 0 fully saturated rings. The fraction of sp³-hybridized carbons (Fsp3) is 0. The minimum absolute atomic E-state index is 0.730. The molecule has 0 atom stereocenters. The van der Waals surface area contributed by atoms with Crippen molar-refractivity contribution in [2.75, 3.05) is 0 Å². The maximum atomic E-state index is 9.12. The molecule has 0 saturated heterocycles. The predicted molar refractivity (Wildman–Crippen MR) is 106 cm³/mol. The first-order valence-electron chi connectivity index (χ1n) is 7.82. The normalized spacial score (nSPS) is 11.6. The number of fused-ring (bicyclic) bond motifs is 2. The zero-order valence-corrected chi connectivity index (χ0v) is 14.8. The van der Waals surface area contributed by atoms with Crippen LogP contribution in [0.3, 0.4) is 0 Å². The highest BCUT2D eigenvalue weighted by Crippen LogP contribution is 2.41. The van der Waals surface area contributed by atoms with Crippen LogP contribution in [0.4, 0.5) is 0 Å². The van der Waals surface area contributed by atoms with Gasteiger partial charge in [0.05, 0.1) is 6.21 Å². The fourth-order valence-electron chi connectivity index (χ4n) is 3.05. The molecule has 0 radical (unpaired) electrons. The van der Waals surface area contributed by atoms with Crippen LogP contribution in [0.5, 0.6) is 0 Å². The molecule has 0 bridgehead atoms. The Morgan fingerprint density at radius 1 is 0.760 bits per heavy atom. The van der Waals surface area contributed by atoms with Crippen molar-refractivity contribution in [2.45, 2.75) is 9.79 Å². The number of halogens is 1. The van der Waals surface area contributed by atoms with E-state index in [1.54, 1.807) is 11.8 Å². The average molecular weight is 364 g/mol. The summed E-state index contributed by atoms with van der Waals surface area (Å²) in [6, 6.07) is 24.3. The van der Waals surface area contributed by atoms with Gasteiger partial charge in [-0.05, 0) is 45.8 Å². The van der Waals surface area contributed by atoms with E-state index in [1.807, 2.05) is 48.5 Å². The first-order valence-corrected chi connectivity index (χ1v) is 9.01. The van der Waals surface area contributed by atoms with E-state index in [-0.39, 0.29) is 0 Å². The fourth-order valence-corrected chi connectivity index (χ4v) is 4.26. The lowest BCUT2D eigenvalue weighted by Gasteiger charge is -2.14. The van der Waals surface area contributed by atoms with Crippen LogP contribution < -0.4 is 0 Å². The highest BCUT2D eigenvalue weighted by molar-refractivity contribution is 7.99. The van der Waals surface area contributed by atoms with Crippen LogP contribution in [0.2, 0.25) is 5.02 Å². The maximum absolute atomic E-state index is 9.12. The Hall–Kier alpha value is -2.49. The van der Waals surface area contributed by atoms with Crippen LogP contribution in [0.1, 0.15) is 5.56 Å². The molecule has 1 N–H and O–H groups in total. The molecule has 0 amide bonds. The number of rotatable bonds is 3. The van der Waals surface area contributed by atoms with Gasteiger partial charge >= 0.3 is 0 Å². The SMILES string of the molecule is O/N=C/c1c2ccccc2c(Sc2ccc(Cl)cc2)c2ccccc12. The maximum Gasteiger partial charge on any atom is 0.0746 e. The topological polar surface area (TPSA) is 32.6 Å². The molecule has 4 rings (SSSR count). The summed E-state index contributed by atoms with van der Waals surface area (Å²) in [5.74, 6) is 0. The molecular weight excluding hydrogens is 350 g/mol. The van der Waals surface area contributed by atoms with Gasteiger partial charge in [0.15, 0.2) is 0 Å². The summed E-state index contributed by atoms with van der Waals surface area (Å²) in [5, 5.41) is 17.5. The van der Waals surface area contributed by atoms with E-state index >= 15 is 0 Å². The van der Waals surface area contributed by atoms with Crippen LogP contribution in [0, 0.1) is 0 Å². The number of benzene rings is 4. The van der Waals surface area contributed by atoms with Crippen molar-refractivity contribution in [3.8, 4) is 0 Å². The Kier molecular flexibility index (Phi) is 4.35. The van der Waals surface area contributed by atoms with Crippen molar-refractivity contribution in [1.82, 2.24) is 0 Å². The van der Waals surface area contributed by atoms with Crippen LogP contribution in [-0.2, 0) is 0 Å². The molecule has 0 saturated carbocycles. The van der Waals surface area contributed by atoms with Gasteiger partial charge in [-0.3, -0.25) is 0 Å². The third kappa shape index (κ3) is 2.97. The Balaban J connectivity index is 2.04. The van der Waals surface area contributed by atoms with E-state index in [0.717, 1.165) is 37.0 Å². The molecule has 0 spiro atoms. The molecule has 122 valence electrons. The van der Waals surface area contributed by atoms with Crippen molar-refractivity contribution >= 4 is 51.1 Å². The second-order valence-corrected chi connectivity index (χ2v) is 7.15. The van der Waals surface area contributed by atoms with Gasteiger partial charge in [-0.15, -0.1) is 0 Å². The molecule has 4 aromatic rings. The average Bonchev–Trinajstić information content (AvgIpc) is 2.66. The van der Waals surface area contributed by atoms with Gasteiger partial charge in [0.25, 0.3) is 0 Å². The van der Waals surface area contributed by atoms with Gasteiger partial charge in [-0.25, -0.2) is 0 Å². The van der Waals surface area contributed by atoms with E-state index in [4.69, 9.17) is 16.8 Å². The molecule has 2 nitrogen and oxygen atoms in total. The second kappa shape index (κ2) is 6.79. The third-order valence-corrected chi connectivity index (χ3v) is 5.55. The highest BCUT2D eigenvalue weighted by atomic mass is 35.5. The summed E-state index contributed by atoms with van der Waals surface area (Å²) in [6.45, 7) is 0. The summed E-state index contributed by atoms with van der Waals surface area (Å²) < 4.78 is 0. The van der Waals surface area contributed by atoms with Crippen LogP contribution in [-0.4, -0.2) is 11.4 Å². The van der Waals surface area contributed by atoms with Gasteiger partial charge in [-0.2, -0.15) is 0 Å². The first-order chi connectivity index (χ1) is 12.3. The molecule has 0 aliphatic rings. The quantitative estimate of drug-likeness (QED) is 0.192. The highest BCUT2D eigenvalue weighted by Gasteiger charge is 2.13. The van der Waals surface area contributed by atoms with Gasteiger partial charge in [-0.1, -0.05) is 77.0 Å². The molecule has 0 unspecified atom stereocenters. The lowest BCUT2D eigenvalue weighted by atomic mass is 9.97. The third-order valence-electron chi connectivity index (χ3n) is 4.14. The molecule has 0 aromatic heterocycles. The van der Waals surface area contributed by atoms with E-state index < -0.39 is 0 Å². The molecular formula is C21H14ClNOS. The number of hydrogen-bond acceptors (Lipinski definition) is 3. The van der Waals surface area contributed by atoms with Gasteiger partial charge in [0.2, 0.25) is 0 Å². The van der Waals surface area contributed by atoms with Crippen molar-refractivity contribution in [3.05, 3.63) is 83.4 Å². The van der Waals surface area contributed by atoms with Crippen LogP contribution in [0.25, 0.3) is 21.5 Å². The summed E-state index contributed by atoms with van der Waals surface area (Å²) in [5.41, 5.74) is 0.925. The summed E-state index contributed by atoms with van der Waals surface area (Å²) in [6.07, 6.45) is 1.52. The Bertz CT molecular complexity index is 1030.